The molecule has 1 heterocycles. The molecule has 2 unspecified atom stereocenters. The van der Waals surface area contributed by atoms with E-state index in [1.807, 2.05) is 6.92 Å². The van der Waals surface area contributed by atoms with Gasteiger partial charge >= 0.3 is 0 Å². The van der Waals surface area contributed by atoms with Crippen molar-refractivity contribution in [1.82, 2.24) is 10.2 Å². The highest BCUT2D eigenvalue weighted by Gasteiger charge is 2.23. The van der Waals surface area contributed by atoms with Crippen LogP contribution in [-0.4, -0.2) is 50.3 Å². The summed E-state index contributed by atoms with van der Waals surface area (Å²) in [4.78, 5) is 7.21. The fourth-order valence-corrected chi connectivity index (χ4v) is 2.91. The lowest BCUT2D eigenvalue weighted by Crippen LogP contribution is -2.48. The van der Waals surface area contributed by atoms with Gasteiger partial charge in [-0.25, -0.2) is 0 Å². The van der Waals surface area contributed by atoms with E-state index in [4.69, 9.17) is 9.73 Å². The van der Waals surface area contributed by atoms with Gasteiger partial charge in [-0.05, 0) is 44.9 Å². The topological polar surface area (TPSA) is 36.9 Å². The molecule has 1 aliphatic rings. The molecule has 126 valence electrons. The van der Waals surface area contributed by atoms with Crippen molar-refractivity contribution in [2.75, 3.05) is 39.4 Å². The normalized spacial score (nSPS) is 22.9. The molecule has 0 aromatic rings. The van der Waals surface area contributed by atoms with Crippen LogP contribution in [0.4, 0.5) is 0 Å². The Balaban J connectivity index is 0.00000400. The summed E-state index contributed by atoms with van der Waals surface area (Å²) < 4.78 is 5.36. The van der Waals surface area contributed by atoms with Crippen LogP contribution in [0.3, 0.4) is 0 Å². The summed E-state index contributed by atoms with van der Waals surface area (Å²) in [6.45, 7) is 14.6. The molecule has 0 aromatic heterocycles. The molecule has 5 heteroatoms. The number of likely N-dealkylation sites (tertiary alicyclic amines) is 1. The highest BCUT2D eigenvalue weighted by Crippen LogP contribution is 2.20. The fourth-order valence-electron chi connectivity index (χ4n) is 2.91. The first-order valence-corrected chi connectivity index (χ1v) is 8.28. The molecular formula is C16H34IN3O. The van der Waals surface area contributed by atoms with Crippen molar-refractivity contribution in [3.05, 3.63) is 0 Å². The van der Waals surface area contributed by atoms with Crippen LogP contribution in [0.1, 0.15) is 47.0 Å². The van der Waals surface area contributed by atoms with Gasteiger partial charge in [0.15, 0.2) is 5.96 Å². The number of aliphatic imine (C=N–C) groups is 1. The molecule has 0 bridgehead atoms. The van der Waals surface area contributed by atoms with Gasteiger partial charge < -0.3 is 15.0 Å². The first-order chi connectivity index (χ1) is 9.67. The Kier molecular flexibility index (Phi) is 12.5. The lowest BCUT2D eigenvalue weighted by Gasteiger charge is -2.37. The second-order valence-corrected chi connectivity index (χ2v) is 5.99. The Labute approximate surface area is 148 Å². The Hall–Kier alpha value is -0.0400. The number of hydrogen-bond donors (Lipinski definition) is 1. The van der Waals surface area contributed by atoms with Crippen LogP contribution in [0.25, 0.3) is 0 Å². The van der Waals surface area contributed by atoms with E-state index < -0.39 is 0 Å². The largest absolute Gasteiger partial charge is 0.382 e. The highest BCUT2D eigenvalue weighted by atomic mass is 127. The lowest BCUT2D eigenvalue weighted by atomic mass is 9.92. The number of ether oxygens (including phenoxy) is 1. The lowest BCUT2D eigenvalue weighted by molar-refractivity contribution is 0.144. The van der Waals surface area contributed by atoms with E-state index in [-0.39, 0.29) is 24.0 Å². The quantitative estimate of drug-likeness (QED) is 0.302. The maximum atomic E-state index is 5.36. The number of rotatable bonds is 7. The average molecular weight is 411 g/mol. The number of nitrogens with one attached hydrogen (secondary N) is 1. The molecule has 1 rings (SSSR count). The van der Waals surface area contributed by atoms with E-state index in [1.54, 1.807) is 0 Å². The predicted octanol–water partition coefficient (Wildman–Crippen LogP) is 3.36. The van der Waals surface area contributed by atoms with E-state index >= 15 is 0 Å². The van der Waals surface area contributed by atoms with Crippen molar-refractivity contribution in [3.63, 3.8) is 0 Å². The second kappa shape index (κ2) is 12.5. The van der Waals surface area contributed by atoms with Crippen LogP contribution in [0, 0.1) is 11.8 Å². The van der Waals surface area contributed by atoms with E-state index in [1.165, 1.54) is 6.42 Å². The van der Waals surface area contributed by atoms with Crippen LogP contribution in [0.15, 0.2) is 4.99 Å². The summed E-state index contributed by atoms with van der Waals surface area (Å²) >= 11 is 0. The van der Waals surface area contributed by atoms with E-state index in [0.717, 1.165) is 70.0 Å². The third kappa shape index (κ3) is 8.86. The Morgan fingerprint density at radius 3 is 2.43 bits per heavy atom. The molecule has 0 radical (unpaired) electrons. The van der Waals surface area contributed by atoms with Crippen molar-refractivity contribution in [1.29, 1.82) is 0 Å². The molecule has 1 aliphatic heterocycles. The van der Waals surface area contributed by atoms with Crippen LogP contribution >= 0.6 is 24.0 Å². The standard InChI is InChI=1S/C16H33N3O.HI/c1-5-17-16(18-9-7-8-10-20-6-2)19-12-14(3)11-15(4)13-19;/h14-15H,5-13H2,1-4H3,(H,17,18);1H. The molecule has 0 saturated carbocycles. The van der Waals surface area contributed by atoms with Crippen molar-refractivity contribution >= 4 is 29.9 Å². The van der Waals surface area contributed by atoms with Crippen LogP contribution in [0.5, 0.6) is 0 Å². The number of nitrogens with zero attached hydrogens (tertiary/aromatic N) is 2. The molecule has 0 amide bonds. The van der Waals surface area contributed by atoms with Crippen molar-refractivity contribution in [2.45, 2.75) is 47.0 Å². The van der Waals surface area contributed by atoms with Gasteiger partial charge in [-0.3, -0.25) is 4.99 Å². The number of unbranched alkanes of at least 4 members (excludes halogenated alkanes) is 1. The zero-order valence-corrected chi connectivity index (χ0v) is 16.6. The van der Waals surface area contributed by atoms with Gasteiger partial charge in [0.25, 0.3) is 0 Å². The molecule has 0 aromatic carbocycles. The molecule has 0 spiro atoms. The molecular weight excluding hydrogens is 377 g/mol. The summed E-state index contributed by atoms with van der Waals surface area (Å²) in [5.74, 6) is 2.63. The molecule has 2 atom stereocenters. The molecule has 1 N–H and O–H groups in total. The van der Waals surface area contributed by atoms with Gasteiger partial charge in [0, 0.05) is 39.4 Å². The monoisotopic (exact) mass is 411 g/mol. The minimum absolute atomic E-state index is 0. The minimum Gasteiger partial charge on any atom is -0.382 e. The summed E-state index contributed by atoms with van der Waals surface area (Å²) in [7, 11) is 0. The Morgan fingerprint density at radius 2 is 1.86 bits per heavy atom. The molecule has 21 heavy (non-hydrogen) atoms. The third-order valence-corrected chi connectivity index (χ3v) is 3.67. The zero-order valence-electron chi connectivity index (χ0n) is 14.2. The first kappa shape index (κ1) is 21.0. The number of hydrogen-bond acceptors (Lipinski definition) is 2. The zero-order chi connectivity index (χ0) is 14.8. The summed E-state index contributed by atoms with van der Waals surface area (Å²) in [6.07, 6.45) is 3.54. The maximum absolute atomic E-state index is 5.36. The predicted molar refractivity (Wildman–Crippen MR) is 102 cm³/mol. The van der Waals surface area contributed by atoms with E-state index in [2.05, 4.69) is 31.0 Å². The third-order valence-electron chi connectivity index (χ3n) is 3.67. The van der Waals surface area contributed by atoms with E-state index in [0.29, 0.717) is 0 Å². The van der Waals surface area contributed by atoms with Crippen molar-refractivity contribution in [2.24, 2.45) is 16.8 Å². The van der Waals surface area contributed by atoms with Crippen LogP contribution in [0.2, 0.25) is 0 Å². The highest BCUT2D eigenvalue weighted by molar-refractivity contribution is 14.0. The second-order valence-electron chi connectivity index (χ2n) is 5.99. The number of halogens is 1. The maximum Gasteiger partial charge on any atom is 0.193 e. The first-order valence-electron chi connectivity index (χ1n) is 8.28. The number of guanidine groups is 1. The summed E-state index contributed by atoms with van der Waals surface area (Å²) in [6, 6.07) is 0. The van der Waals surface area contributed by atoms with Gasteiger partial charge in [0.2, 0.25) is 0 Å². The van der Waals surface area contributed by atoms with Crippen LogP contribution < -0.4 is 5.32 Å². The van der Waals surface area contributed by atoms with Crippen molar-refractivity contribution in [3.8, 4) is 0 Å². The molecule has 1 fully saturated rings. The van der Waals surface area contributed by atoms with Gasteiger partial charge in [-0.15, -0.1) is 24.0 Å². The fraction of sp³-hybridized carbons (Fsp3) is 0.938. The summed E-state index contributed by atoms with van der Waals surface area (Å²) in [5, 5.41) is 3.44. The molecule has 1 saturated heterocycles. The summed E-state index contributed by atoms with van der Waals surface area (Å²) in [5.41, 5.74) is 0. The number of piperidine rings is 1. The SMILES string of the molecule is CCNC(=NCCCCOCC)N1CC(C)CC(C)C1.I. The van der Waals surface area contributed by atoms with Crippen molar-refractivity contribution < 1.29 is 4.74 Å². The van der Waals surface area contributed by atoms with Gasteiger partial charge in [-0.2, -0.15) is 0 Å². The van der Waals surface area contributed by atoms with Gasteiger partial charge in [0.1, 0.15) is 0 Å². The smallest absolute Gasteiger partial charge is 0.193 e. The van der Waals surface area contributed by atoms with Crippen LogP contribution in [-0.2, 0) is 4.74 Å². The molecule has 4 nitrogen and oxygen atoms in total. The van der Waals surface area contributed by atoms with Gasteiger partial charge in [0.05, 0.1) is 0 Å². The van der Waals surface area contributed by atoms with E-state index in [9.17, 15) is 0 Å². The Bertz CT molecular complexity index is 277. The van der Waals surface area contributed by atoms with Gasteiger partial charge in [-0.1, -0.05) is 13.8 Å². The molecule has 0 aliphatic carbocycles. The average Bonchev–Trinajstić information content (AvgIpc) is 2.40. The minimum atomic E-state index is 0. The Morgan fingerprint density at radius 1 is 1.19 bits per heavy atom.